The van der Waals surface area contributed by atoms with Gasteiger partial charge >= 0.3 is 5.97 Å². The predicted octanol–water partition coefficient (Wildman–Crippen LogP) is 7.78. The van der Waals surface area contributed by atoms with Crippen LogP contribution in [0.2, 0.25) is 0 Å². The number of hydrogen-bond acceptors (Lipinski definition) is 3. The molecule has 0 N–H and O–H groups in total. The minimum absolute atomic E-state index is 0.366. The third-order valence-corrected chi connectivity index (χ3v) is 5.98. The lowest BCUT2D eigenvalue weighted by Gasteiger charge is -2.26. The maximum Gasteiger partial charge on any atom is 0.330 e. The monoisotopic (exact) mass is 441 g/mol. The van der Waals surface area contributed by atoms with Crippen LogP contribution < -0.4 is 4.90 Å². The van der Waals surface area contributed by atoms with Gasteiger partial charge in [-0.1, -0.05) is 50.3 Å². The fourth-order valence-corrected chi connectivity index (χ4v) is 3.82. The number of esters is 1. The Bertz CT molecular complexity index is 1050. The summed E-state index contributed by atoms with van der Waals surface area (Å²) < 4.78 is 5.08. The number of ether oxygens (including phenoxy) is 1. The second-order valence-electron chi connectivity index (χ2n) is 8.52. The Hall–Kier alpha value is -3.33. The molecule has 172 valence electrons. The summed E-state index contributed by atoms with van der Waals surface area (Å²) in [4.78, 5) is 13.5. The van der Waals surface area contributed by atoms with E-state index in [0.717, 1.165) is 36.3 Å². The van der Waals surface area contributed by atoms with Gasteiger partial charge in [-0.15, -0.1) is 0 Å². The van der Waals surface area contributed by atoms with Gasteiger partial charge in [0.1, 0.15) is 0 Å². The number of rotatable bonds is 11. The smallest absolute Gasteiger partial charge is 0.330 e. The highest BCUT2D eigenvalue weighted by molar-refractivity contribution is 5.81. The van der Waals surface area contributed by atoms with Crippen molar-refractivity contribution in [1.29, 1.82) is 0 Å². The van der Waals surface area contributed by atoms with Crippen LogP contribution in [0.15, 0.2) is 79.4 Å². The summed E-state index contributed by atoms with van der Waals surface area (Å²) >= 11 is 0. The largest absolute Gasteiger partial charge is 0.463 e. The van der Waals surface area contributed by atoms with Crippen LogP contribution in [0.1, 0.15) is 48.4 Å². The minimum Gasteiger partial charge on any atom is -0.463 e. The summed E-state index contributed by atoms with van der Waals surface area (Å²) in [6, 6.07) is 24.2. The van der Waals surface area contributed by atoms with Crippen LogP contribution in [-0.2, 0) is 22.4 Å². The van der Waals surface area contributed by atoms with Crippen molar-refractivity contribution in [3.05, 3.63) is 102 Å². The summed E-state index contributed by atoms with van der Waals surface area (Å²) in [5.41, 5.74) is 8.62. The van der Waals surface area contributed by atoms with Crippen molar-refractivity contribution in [1.82, 2.24) is 0 Å². The van der Waals surface area contributed by atoms with Gasteiger partial charge in [-0.05, 0) is 98.2 Å². The number of carbonyl (C=O) groups excluding carboxylic acids is 1. The summed E-state index contributed by atoms with van der Waals surface area (Å²) in [5.74, 6) is -0.366. The highest BCUT2D eigenvalue weighted by Gasteiger charge is 2.13. The molecule has 0 amide bonds. The highest BCUT2D eigenvalue weighted by atomic mass is 16.5. The number of nitrogens with zero attached hydrogens (tertiary/aromatic N) is 1. The van der Waals surface area contributed by atoms with E-state index in [9.17, 15) is 4.79 Å². The van der Waals surface area contributed by atoms with E-state index in [2.05, 4.69) is 99.0 Å². The molecule has 33 heavy (non-hydrogen) atoms. The van der Waals surface area contributed by atoms with E-state index in [1.54, 1.807) is 0 Å². The van der Waals surface area contributed by atoms with Gasteiger partial charge < -0.3 is 9.64 Å². The zero-order valence-electron chi connectivity index (χ0n) is 20.1. The van der Waals surface area contributed by atoms with Gasteiger partial charge in [-0.25, -0.2) is 4.79 Å². The first kappa shape index (κ1) is 24.3. The highest BCUT2D eigenvalue weighted by Crippen LogP contribution is 2.35. The first-order valence-electron chi connectivity index (χ1n) is 11.9. The molecule has 0 fully saturated rings. The molecule has 0 radical (unpaired) electrons. The van der Waals surface area contributed by atoms with Gasteiger partial charge in [-0.3, -0.25) is 0 Å². The van der Waals surface area contributed by atoms with Crippen molar-refractivity contribution in [3.63, 3.8) is 0 Å². The third-order valence-electron chi connectivity index (χ3n) is 5.98. The lowest BCUT2D eigenvalue weighted by molar-refractivity contribution is -0.137. The molecule has 0 atom stereocenters. The van der Waals surface area contributed by atoms with Crippen LogP contribution in [0.25, 0.3) is 0 Å². The number of anilines is 3. The topological polar surface area (TPSA) is 29.5 Å². The van der Waals surface area contributed by atoms with E-state index < -0.39 is 0 Å². The van der Waals surface area contributed by atoms with Crippen LogP contribution >= 0.6 is 0 Å². The molecule has 0 spiro atoms. The molecule has 0 aliphatic rings. The number of unbranched alkanes of at least 4 members (excludes halogenated alkanes) is 1. The van der Waals surface area contributed by atoms with Gasteiger partial charge in [0.05, 0.1) is 6.61 Å². The normalized spacial score (nSPS) is 10.6. The van der Waals surface area contributed by atoms with E-state index in [4.69, 9.17) is 4.74 Å². The van der Waals surface area contributed by atoms with E-state index in [0.29, 0.717) is 6.61 Å². The van der Waals surface area contributed by atoms with E-state index in [-0.39, 0.29) is 5.97 Å². The Morgan fingerprint density at radius 1 is 0.818 bits per heavy atom. The zero-order chi connectivity index (χ0) is 23.6. The predicted molar refractivity (Wildman–Crippen MR) is 139 cm³/mol. The molecule has 0 aromatic heterocycles. The molecule has 0 aliphatic heterocycles. The molecule has 0 bridgehead atoms. The maximum atomic E-state index is 11.2. The minimum atomic E-state index is -0.366. The second-order valence-corrected chi connectivity index (χ2v) is 8.52. The van der Waals surface area contributed by atoms with Crippen molar-refractivity contribution in [2.24, 2.45) is 0 Å². The van der Waals surface area contributed by atoms with Crippen molar-refractivity contribution >= 4 is 23.0 Å². The quantitative estimate of drug-likeness (QED) is 0.173. The molecule has 3 aromatic carbocycles. The fourth-order valence-electron chi connectivity index (χ4n) is 3.82. The van der Waals surface area contributed by atoms with Crippen LogP contribution in [-0.4, -0.2) is 12.6 Å². The first-order valence-corrected chi connectivity index (χ1v) is 11.9. The van der Waals surface area contributed by atoms with Crippen molar-refractivity contribution < 1.29 is 9.53 Å². The Balaban J connectivity index is 1.82. The lowest BCUT2D eigenvalue weighted by atomic mass is 10.0. The Kier molecular flexibility index (Phi) is 8.88. The Labute approximate surface area is 198 Å². The van der Waals surface area contributed by atoms with Gasteiger partial charge in [-0.2, -0.15) is 0 Å². The molecule has 3 aromatic rings. The van der Waals surface area contributed by atoms with Crippen molar-refractivity contribution in [3.8, 4) is 0 Å². The molecule has 0 aliphatic carbocycles. The van der Waals surface area contributed by atoms with Crippen LogP contribution in [0.4, 0.5) is 17.1 Å². The molecule has 0 heterocycles. The number of aryl methyl sites for hydroxylation is 4. The average molecular weight is 442 g/mol. The molecule has 3 rings (SSSR count). The molecule has 3 heteroatoms. The summed E-state index contributed by atoms with van der Waals surface area (Å²) in [5, 5.41) is 0. The molecule has 3 nitrogen and oxygen atoms in total. The molecule has 0 saturated carbocycles. The lowest BCUT2D eigenvalue weighted by Crippen LogP contribution is -2.10. The first-order chi connectivity index (χ1) is 16.0. The average Bonchev–Trinajstić information content (AvgIpc) is 2.84. The maximum absolute atomic E-state index is 11.2. The van der Waals surface area contributed by atoms with Crippen LogP contribution in [0.5, 0.6) is 0 Å². The summed E-state index contributed by atoms with van der Waals surface area (Å²) in [7, 11) is 0. The van der Waals surface area contributed by atoms with Gasteiger partial charge in [0.15, 0.2) is 0 Å². The molecule has 0 saturated heterocycles. The fraction of sp³-hybridized carbons (Fsp3) is 0.300. The van der Waals surface area contributed by atoms with Gasteiger partial charge in [0.25, 0.3) is 0 Å². The number of hydrogen-bond donors (Lipinski definition) is 0. The standard InChI is InChI=1S/C30H35NO2/c1-5-7-9-25-12-17-27(18-13-25)31(29-16-11-23(3)24(4)22-29)28-19-14-26(15-20-28)10-8-21-33-30(32)6-2/h6,11-20,22H,2,5,7-10,21H2,1,3-4H3. The summed E-state index contributed by atoms with van der Waals surface area (Å²) in [6.07, 6.45) is 6.40. The Morgan fingerprint density at radius 3 is 1.88 bits per heavy atom. The number of carbonyl (C=O) groups is 1. The third kappa shape index (κ3) is 6.82. The molecular weight excluding hydrogens is 406 g/mol. The van der Waals surface area contributed by atoms with Crippen molar-refractivity contribution in [2.45, 2.75) is 52.9 Å². The van der Waals surface area contributed by atoms with Gasteiger partial charge in [0, 0.05) is 23.1 Å². The van der Waals surface area contributed by atoms with Crippen LogP contribution in [0.3, 0.4) is 0 Å². The molecular formula is C30H35NO2. The van der Waals surface area contributed by atoms with Crippen molar-refractivity contribution in [2.75, 3.05) is 11.5 Å². The summed E-state index contributed by atoms with van der Waals surface area (Å²) in [6.45, 7) is 10.4. The molecule has 0 unspecified atom stereocenters. The van der Waals surface area contributed by atoms with E-state index in [1.165, 1.54) is 41.2 Å². The number of benzene rings is 3. The second kappa shape index (κ2) is 12.1. The Morgan fingerprint density at radius 2 is 1.36 bits per heavy atom. The zero-order valence-corrected chi connectivity index (χ0v) is 20.1. The van der Waals surface area contributed by atoms with Gasteiger partial charge in [0.2, 0.25) is 0 Å². The van der Waals surface area contributed by atoms with E-state index in [1.807, 2.05) is 0 Å². The SMILES string of the molecule is C=CC(=O)OCCCc1ccc(N(c2ccc(CCCC)cc2)c2ccc(C)c(C)c2)cc1. The van der Waals surface area contributed by atoms with Crippen LogP contribution in [0, 0.1) is 13.8 Å². The van der Waals surface area contributed by atoms with E-state index >= 15 is 0 Å².